The maximum atomic E-state index is 12.1. The van der Waals surface area contributed by atoms with Crippen LogP contribution in [0.25, 0.3) is 0 Å². The number of amides is 1. The van der Waals surface area contributed by atoms with Crippen LogP contribution in [0.1, 0.15) is 27.0 Å². The van der Waals surface area contributed by atoms with Gasteiger partial charge in [-0.3, -0.25) is 4.79 Å². The van der Waals surface area contributed by atoms with Gasteiger partial charge in [-0.2, -0.15) is 0 Å². The number of carbonyl (C=O) groups excluding carboxylic acids is 1. The van der Waals surface area contributed by atoms with Gasteiger partial charge in [0.25, 0.3) is 5.91 Å². The largest absolute Gasteiger partial charge is 0.508 e. The molecule has 1 amide bonds. The zero-order valence-corrected chi connectivity index (χ0v) is 11.3. The van der Waals surface area contributed by atoms with Crippen molar-refractivity contribution in [3.63, 3.8) is 0 Å². The molecule has 20 heavy (non-hydrogen) atoms. The van der Waals surface area contributed by atoms with Crippen molar-refractivity contribution in [2.24, 2.45) is 0 Å². The van der Waals surface area contributed by atoms with Crippen molar-refractivity contribution >= 4 is 5.91 Å². The third kappa shape index (κ3) is 3.16. The highest BCUT2D eigenvalue weighted by atomic mass is 16.3. The lowest BCUT2D eigenvalue weighted by molar-refractivity contribution is 0.0950. The van der Waals surface area contributed by atoms with Crippen molar-refractivity contribution in [2.45, 2.75) is 20.1 Å². The summed E-state index contributed by atoms with van der Waals surface area (Å²) in [4.78, 5) is 12.1. The Morgan fingerprint density at radius 2 is 1.85 bits per heavy atom. The van der Waals surface area contributed by atoms with Gasteiger partial charge < -0.3 is 15.5 Å². The molecule has 2 aromatic rings. The minimum absolute atomic E-state index is 0.0204. The molecular formula is C16H17NO3. The van der Waals surface area contributed by atoms with Crippen LogP contribution < -0.4 is 5.32 Å². The molecule has 0 spiro atoms. The van der Waals surface area contributed by atoms with Crippen LogP contribution in [0.15, 0.2) is 42.5 Å². The van der Waals surface area contributed by atoms with Gasteiger partial charge >= 0.3 is 0 Å². The van der Waals surface area contributed by atoms with E-state index >= 15 is 0 Å². The van der Waals surface area contributed by atoms with Gasteiger partial charge in [0.05, 0.1) is 6.61 Å². The Kier molecular flexibility index (Phi) is 4.38. The lowest BCUT2D eigenvalue weighted by atomic mass is 10.1. The Bertz CT molecular complexity index is 623. The van der Waals surface area contributed by atoms with Gasteiger partial charge in [-0.05, 0) is 30.2 Å². The fraction of sp³-hybridized carbons (Fsp3) is 0.188. The highest BCUT2D eigenvalue weighted by Crippen LogP contribution is 2.19. The van der Waals surface area contributed by atoms with Crippen molar-refractivity contribution in [3.05, 3.63) is 64.7 Å². The number of hydrogen-bond acceptors (Lipinski definition) is 3. The van der Waals surface area contributed by atoms with Crippen molar-refractivity contribution in [1.82, 2.24) is 5.32 Å². The standard InChI is InChI=1S/C16H17NO3/c1-11-14(6-3-7-15(11)19)16(20)17-9-12-4-2-5-13(8-12)10-18/h2-8,18-19H,9-10H2,1H3,(H,17,20). The molecule has 4 nitrogen and oxygen atoms in total. The molecule has 0 fully saturated rings. The van der Waals surface area contributed by atoms with Crippen molar-refractivity contribution < 1.29 is 15.0 Å². The van der Waals surface area contributed by atoms with E-state index in [0.29, 0.717) is 17.7 Å². The number of aliphatic hydroxyl groups is 1. The van der Waals surface area contributed by atoms with Gasteiger partial charge in [-0.25, -0.2) is 0 Å². The quantitative estimate of drug-likeness (QED) is 0.797. The van der Waals surface area contributed by atoms with Crippen LogP contribution in [-0.4, -0.2) is 16.1 Å². The van der Waals surface area contributed by atoms with Crippen molar-refractivity contribution in [1.29, 1.82) is 0 Å². The summed E-state index contributed by atoms with van der Waals surface area (Å²) in [7, 11) is 0. The zero-order chi connectivity index (χ0) is 14.5. The maximum absolute atomic E-state index is 12.1. The number of phenols is 1. The third-order valence-corrected chi connectivity index (χ3v) is 3.18. The second-order valence-electron chi connectivity index (χ2n) is 4.61. The molecule has 4 heteroatoms. The van der Waals surface area contributed by atoms with Gasteiger partial charge in [0.1, 0.15) is 5.75 Å². The van der Waals surface area contributed by atoms with Gasteiger partial charge in [0, 0.05) is 17.7 Å². The van der Waals surface area contributed by atoms with E-state index < -0.39 is 0 Å². The second kappa shape index (κ2) is 6.21. The molecule has 0 aromatic heterocycles. The highest BCUT2D eigenvalue weighted by Gasteiger charge is 2.10. The number of aromatic hydroxyl groups is 1. The van der Waals surface area contributed by atoms with Gasteiger partial charge in [-0.1, -0.05) is 30.3 Å². The predicted molar refractivity (Wildman–Crippen MR) is 76.4 cm³/mol. The molecule has 0 saturated heterocycles. The molecule has 0 saturated carbocycles. The summed E-state index contributed by atoms with van der Waals surface area (Å²) in [6.07, 6.45) is 0. The Hall–Kier alpha value is -2.33. The van der Waals surface area contributed by atoms with Crippen molar-refractivity contribution in [2.75, 3.05) is 0 Å². The summed E-state index contributed by atoms with van der Waals surface area (Å²) in [5, 5.41) is 21.5. The number of benzene rings is 2. The van der Waals surface area contributed by atoms with E-state index in [-0.39, 0.29) is 18.3 Å². The van der Waals surface area contributed by atoms with Crippen LogP contribution in [0.3, 0.4) is 0 Å². The fourth-order valence-corrected chi connectivity index (χ4v) is 1.98. The van der Waals surface area contributed by atoms with Gasteiger partial charge in [-0.15, -0.1) is 0 Å². The predicted octanol–water partition coefficient (Wildman–Crippen LogP) is 2.12. The van der Waals surface area contributed by atoms with Crippen LogP contribution in [0.2, 0.25) is 0 Å². The van der Waals surface area contributed by atoms with E-state index in [0.717, 1.165) is 11.1 Å². The molecule has 0 radical (unpaired) electrons. The molecule has 0 heterocycles. The first-order valence-electron chi connectivity index (χ1n) is 6.37. The highest BCUT2D eigenvalue weighted by molar-refractivity contribution is 5.96. The molecule has 0 atom stereocenters. The number of aliphatic hydroxyl groups excluding tert-OH is 1. The van der Waals surface area contributed by atoms with Crippen LogP contribution in [0.5, 0.6) is 5.75 Å². The third-order valence-electron chi connectivity index (χ3n) is 3.18. The number of phenolic OH excluding ortho intramolecular Hbond substituents is 1. The Morgan fingerprint density at radius 1 is 1.15 bits per heavy atom. The van der Waals surface area contributed by atoms with E-state index in [9.17, 15) is 9.90 Å². The normalized spacial score (nSPS) is 10.3. The number of carbonyl (C=O) groups is 1. The van der Waals surface area contributed by atoms with E-state index in [1.54, 1.807) is 25.1 Å². The molecule has 2 aromatic carbocycles. The van der Waals surface area contributed by atoms with E-state index in [4.69, 9.17) is 5.11 Å². The van der Waals surface area contributed by atoms with Crippen molar-refractivity contribution in [3.8, 4) is 5.75 Å². The lowest BCUT2D eigenvalue weighted by Gasteiger charge is -2.09. The van der Waals surface area contributed by atoms with Crippen LogP contribution in [0, 0.1) is 6.92 Å². The monoisotopic (exact) mass is 271 g/mol. The summed E-state index contributed by atoms with van der Waals surface area (Å²) in [6.45, 7) is 2.06. The lowest BCUT2D eigenvalue weighted by Crippen LogP contribution is -2.23. The zero-order valence-electron chi connectivity index (χ0n) is 11.3. The molecule has 0 aliphatic heterocycles. The first-order chi connectivity index (χ1) is 9.61. The number of hydrogen-bond donors (Lipinski definition) is 3. The summed E-state index contributed by atoms with van der Waals surface area (Å²) in [5.41, 5.74) is 2.76. The van der Waals surface area contributed by atoms with Crippen LogP contribution in [-0.2, 0) is 13.2 Å². The average molecular weight is 271 g/mol. The second-order valence-corrected chi connectivity index (χ2v) is 4.61. The number of nitrogens with one attached hydrogen (secondary N) is 1. The van der Waals surface area contributed by atoms with Crippen LogP contribution >= 0.6 is 0 Å². The summed E-state index contributed by atoms with van der Waals surface area (Å²) in [6, 6.07) is 12.3. The average Bonchev–Trinajstić information content (AvgIpc) is 2.48. The molecule has 0 aliphatic carbocycles. The fourth-order valence-electron chi connectivity index (χ4n) is 1.98. The minimum atomic E-state index is -0.229. The SMILES string of the molecule is Cc1c(O)cccc1C(=O)NCc1cccc(CO)c1. The summed E-state index contributed by atoms with van der Waals surface area (Å²) < 4.78 is 0. The number of rotatable bonds is 4. The molecule has 2 rings (SSSR count). The first kappa shape index (κ1) is 14.1. The first-order valence-corrected chi connectivity index (χ1v) is 6.37. The minimum Gasteiger partial charge on any atom is -0.508 e. The van der Waals surface area contributed by atoms with E-state index in [1.165, 1.54) is 0 Å². The molecule has 0 unspecified atom stereocenters. The Balaban J connectivity index is 2.06. The molecular weight excluding hydrogens is 254 g/mol. The summed E-state index contributed by atoms with van der Waals surface area (Å²) >= 11 is 0. The van der Waals surface area contributed by atoms with E-state index in [1.807, 2.05) is 24.3 Å². The topological polar surface area (TPSA) is 69.6 Å². The molecule has 0 aliphatic rings. The molecule has 0 bridgehead atoms. The molecule has 3 N–H and O–H groups in total. The molecule has 104 valence electrons. The van der Waals surface area contributed by atoms with Crippen LogP contribution in [0.4, 0.5) is 0 Å². The Morgan fingerprint density at radius 3 is 2.60 bits per heavy atom. The maximum Gasteiger partial charge on any atom is 0.251 e. The van der Waals surface area contributed by atoms with Gasteiger partial charge in [0.2, 0.25) is 0 Å². The smallest absolute Gasteiger partial charge is 0.251 e. The van der Waals surface area contributed by atoms with E-state index in [2.05, 4.69) is 5.32 Å². The van der Waals surface area contributed by atoms with Gasteiger partial charge in [0.15, 0.2) is 0 Å². The summed E-state index contributed by atoms with van der Waals surface area (Å²) in [5.74, 6) is -0.118. The Labute approximate surface area is 117 Å².